The third-order valence-electron chi connectivity index (χ3n) is 4.31. The van der Waals surface area contributed by atoms with E-state index >= 15 is 0 Å². The van der Waals surface area contributed by atoms with E-state index in [1.165, 1.54) is 12.1 Å². The van der Waals surface area contributed by atoms with Crippen LogP contribution in [0.2, 0.25) is 0 Å². The number of carbonyl (C=O) groups is 2. The van der Waals surface area contributed by atoms with Gasteiger partial charge in [0.2, 0.25) is 11.8 Å². The molecule has 1 N–H and O–H groups in total. The molecule has 1 heterocycles. The molecular weight excluding hydrogens is 319 g/mol. The molecule has 3 rings (SSSR count). The van der Waals surface area contributed by atoms with Crippen molar-refractivity contribution >= 4 is 17.9 Å². The number of rotatable bonds is 3. The molecule has 2 aliphatic rings. The third-order valence-corrected chi connectivity index (χ3v) is 4.31. The highest BCUT2D eigenvalue weighted by atomic mass is 19.4. The molecule has 1 saturated heterocycles. The zero-order valence-electron chi connectivity index (χ0n) is 12.5. The maximum absolute atomic E-state index is 12.5. The Balaban J connectivity index is 1.76. The van der Waals surface area contributed by atoms with Gasteiger partial charge in [-0.25, -0.2) is 0 Å². The van der Waals surface area contributed by atoms with Crippen LogP contribution in [0.4, 0.5) is 13.2 Å². The minimum Gasteiger partial charge on any atom is -0.295 e. The Morgan fingerprint density at radius 2 is 1.83 bits per heavy atom. The number of alkyl halides is 3. The van der Waals surface area contributed by atoms with Crippen molar-refractivity contribution < 1.29 is 22.8 Å². The molecule has 0 bridgehead atoms. The van der Waals surface area contributed by atoms with Crippen LogP contribution < -0.4 is 5.32 Å². The molecule has 0 radical (unpaired) electrons. The number of nitrogens with one attached hydrogen (secondary N) is 1. The second-order valence-electron chi connectivity index (χ2n) is 5.81. The van der Waals surface area contributed by atoms with E-state index in [9.17, 15) is 22.8 Å². The molecule has 1 aliphatic heterocycles. The minimum atomic E-state index is -4.37. The Hall–Kier alpha value is -2.63. The zero-order valence-corrected chi connectivity index (χ0v) is 12.5. The summed E-state index contributed by atoms with van der Waals surface area (Å²) in [6.45, 7) is 0. The summed E-state index contributed by atoms with van der Waals surface area (Å²) < 4.78 is 37.6. The Morgan fingerprint density at radius 1 is 1.12 bits per heavy atom. The lowest BCUT2D eigenvalue weighted by Crippen LogP contribution is -2.33. The van der Waals surface area contributed by atoms with E-state index in [4.69, 9.17) is 0 Å². The van der Waals surface area contributed by atoms with Gasteiger partial charge in [0.1, 0.15) is 0 Å². The number of allylic oxidation sites excluding steroid dienone is 3. The van der Waals surface area contributed by atoms with Crippen LogP contribution in [-0.2, 0) is 15.8 Å². The van der Waals surface area contributed by atoms with Gasteiger partial charge in [0.25, 0.3) is 0 Å². The first-order valence-corrected chi connectivity index (χ1v) is 7.38. The topological polar surface area (TPSA) is 46.2 Å². The van der Waals surface area contributed by atoms with Gasteiger partial charge in [-0.05, 0) is 24.1 Å². The average Bonchev–Trinajstić information content (AvgIpc) is 2.79. The van der Waals surface area contributed by atoms with Crippen LogP contribution in [0.15, 0.2) is 54.6 Å². The lowest BCUT2D eigenvalue weighted by Gasteiger charge is -2.26. The van der Waals surface area contributed by atoms with Gasteiger partial charge < -0.3 is 0 Å². The number of fused-ring (bicyclic) bond motifs is 1. The van der Waals surface area contributed by atoms with Crippen molar-refractivity contribution in [3.8, 4) is 0 Å². The molecule has 2 unspecified atom stereocenters. The lowest BCUT2D eigenvalue weighted by atomic mass is 9.72. The summed E-state index contributed by atoms with van der Waals surface area (Å²) in [7, 11) is 0. The van der Waals surface area contributed by atoms with Crippen molar-refractivity contribution in [2.45, 2.75) is 12.6 Å². The van der Waals surface area contributed by atoms with E-state index in [0.717, 1.165) is 12.1 Å². The Kier molecular flexibility index (Phi) is 3.91. The molecule has 1 fully saturated rings. The standard InChI is InChI=1S/C18H14F3NO2/c19-18(20,21)13-8-6-12(7-9-13)4-3-11-17-10-2-1-5-14(17)15(23)22-16(17)24/h1-10,14H,11H2,(H,22,23,24)/b4-3+. The van der Waals surface area contributed by atoms with Gasteiger partial charge in [-0.1, -0.05) is 48.6 Å². The normalized spacial score (nSPS) is 26.0. The van der Waals surface area contributed by atoms with Gasteiger partial charge in [0, 0.05) is 0 Å². The first kappa shape index (κ1) is 16.2. The second-order valence-corrected chi connectivity index (χ2v) is 5.81. The number of hydrogen-bond acceptors (Lipinski definition) is 2. The van der Waals surface area contributed by atoms with Gasteiger partial charge in [-0.15, -0.1) is 0 Å². The summed E-state index contributed by atoms with van der Waals surface area (Å²) in [6, 6.07) is 4.75. The summed E-state index contributed by atoms with van der Waals surface area (Å²) in [6.07, 6.45) is 6.11. The quantitative estimate of drug-likeness (QED) is 0.861. The van der Waals surface area contributed by atoms with Gasteiger partial charge in [0.15, 0.2) is 0 Å². The number of hydrogen-bond donors (Lipinski definition) is 1. The molecule has 24 heavy (non-hydrogen) atoms. The lowest BCUT2D eigenvalue weighted by molar-refractivity contribution is -0.137. The number of halogens is 3. The van der Waals surface area contributed by atoms with Crippen LogP contribution in [0, 0.1) is 11.3 Å². The summed E-state index contributed by atoms with van der Waals surface area (Å²) in [4.78, 5) is 24.0. The summed E-state index contributed by atoms with van der Waals surface area (Å²) >= 11 is 0. The van der Waals surface area contributed by atoms with Crippen molar-refractivity contribution in [1.82, 2.24) is 5.32 Å². The van der Waals surface area contributed by atoms with Gasteiger partial charge in [0.05, 0.1) is 16.9 Å². The number of amides is 2. The van der Waals surface area contributed by atoms with Gasteiger partial charge >= 0.3 is 6.18 Å². The number of carbonyl (C=O) groups excluding carboxylic acids is 2. The maximum atomic E-state index is 12.5. The van der Waals surface area contributed by atoms with Crippen LogP contribution in [0.1, 0.15) is 17.5 Å². The first-order chi connectivity index (χ1) is 11.3. The molecule has 1 aromatic carbocycles. The Morgan fingerprint density at radius 3 is 2.50 bits per heavy atom. The fourth-order valence-corrected chi connectivity index (χ4v) is 2.98. The molecule has 2 amide bonds. The molecule has 0 spiro atoms. The Labute approximate surface area is 136 Å². The number of imide groups is 1. The summed E-state index contributed by atoms with van der Waals surface area (Å²) in [5, 5.41) is 2.33. The van der Waals surface area contributed by atoms with E-state index in [2.05, 4.69) is 5.32 Å². The molecule has 124 valence electrons. The molecule has 3 nitrogen and oxygen atoms in total. The molecule has 1 aliphatic carbocycles. The number of benzene rings is 1. The van der Waals surface area contributed by atoms with Crippen molar-refractivity contribution in [3.05, 3.63) is 65.8 Å². The van der Waals surface area contributed by atoms with Gasteiger partial charge in [-0.3, -0.25) is 14.9 Å². The van der Waals surface area contributed by atoms with Crippen LogP contribution in [0.5, 0.6) is 0 Å². The summed E-state index contributed by atoms with van der Waals surface area (Å²) in [5.74, 6) is -1.23. The molecule has 0 saturated carbocycles. The molecule has 1 aromatic rings. The van der Waals surface area contributed by atoms with Crippen LogP contribution in [-0.4, -0.2) is 11.8 Å². The van der Waals surface area contributed by atoms with Crippen molar-refractivity contribution in [3.63, 3.8) is 0 Å². The van der Waals surface area contributed by atoms with Crippen LogP contribution >= 0.6 is 0 Å². The third kappa shape index (κ3) is 2.79. The van der Waals surface area contributed by atoms with Gasteiger partial charge in [-0.2, -0.15) is 13.2 Å². The Bertz CT molecular complexity index is 759. The zero-order chi connectivity index (χ0) is 17.4. The molecule has 2 atom stereocenters. The molecule has 6 heteroatoms. The van der Waals surface area contributed by atoms with E-state index in [1.807, 2.05) is 0 Å². The van der Waals surface area contributed by atoms with Crippen molar-refractivity contribution in [1.29, 1.82) is 0 Å². The highest BCUT2D eigenvalue weighted by Gasteiger charge is 2.52. The SMILES string of the molecule is O=C1NC(=O)C2(C/C=C/c3ccc(C(F)(F)F)cc3)C=CC=CC12. The van der Waals surface area contributed by atoms with E-state index in [0.29, 0.717) is 5.56 Å². The smallest absolute Gasteiger partial charge is 0.295 e. The van der Waals surface area contributed by atoms with Crippen molar-refractivity contribution in [2.75, 3.05) is 0 Å². The monoisotopic (exact) mass is 333 g/mol. The molecular formula is C18H14F3NO2. The summed E-state index contributed by atoms with van der Waals surface area (Å²) in [5.41, 5.74) is -1.07. The fourth-order valence-electron chi connectivity index (χ4n) is 2.98. The van der Waals surface area contributed by atoms with E-state index < -0.39 is 23.1 Å². The van der Waals surface area contributed by atoms with Crippen molar-refractivity contribution in [2.24, 2.45) is 11.3 Å². The molecule has 0 aromatic heterocycles. The van der Waals surface area contributed by atoms with E-state index in [-0.39, 0.29) is 18.2 Å². The van der Waals surface area contributed by atoms with E-state index in [1.54, 1.807) is 36.5 Å². The average molecular weight is 333 g/mol. The first-order valence-electron chi connectivity index (χ1n) is 7.38. The predicted octanol–water partition coefficient (Wildman–Crippen LogP) is 3.49. The predicted molar refractivity (Wildman–Crippen MR) is 82.4 cm³/mol. The highest BCUT2D eigenvalue weighted by molar-refractivity contribution is 6.09. The minimum absolute atomic E-state index is 0.289. The highest BCUT2D eigenvalue weighted by Crippen LogP contribution is 2.42. The second kappa shape index (κ2) is 5.78. The maximum Gasteiger partial charge on any atom is 0.416 e. The van der Waals surface area contributed by atoms with Crippen LogP contribution in [0.25, 0.3) is 6.08 Å². The largest absolute Gasteiger partial charge is 0.416 e. The van der Waals surface area contributed by atoms with Crippen LogP contribution in [0.3, 0.4) is 0 Å². The fraction of sp³-hybridized carbons (Fsp3) is 0.222.